The van der Waals surface area contributed by atoms with E-state index in [1.807, 2.05) is 12.1 Å². The standard InChI is InChI=1S/C19H16Cl2O4/c20-7-9-23-14-3-1-13(2-4-14)17-12-25-18-11-15(24-10-8-21)5-6-16(18)19(17)22/h1-6,11-12H,7-10H2. The van der Waals surface area contributed by atoms with Crippen molar-refractivity contribution in [3.63, 3.8) is 0 Å². The summed E-state index contributed by atoms with van der Waals surface area (Å²) in [6.07, 6.45) is 1.46. The van der Waals surface area contributed by atoms with Gasteiger partial charge in [-0.25, -0.2) is 0 Å². The summed E-state index contributed by atoms with van der Waals surface area (Å²) in [4.78, 5) is 12.7. The first-order chi connectivity index (χ1) is 12.2. The van der Waals surface area contributed by atoms with Gasteiger partial charge < -0.3 is 13.9 Å². The second kappa shape index (κ2) is 8.28. The Kier molecular flexibility index (Phi) is 5.84. The Hall–Kier alpha value is -2.17. The van der Waals surface area contributed by atoms with Gasteiger partial charge in [-0.3, -0.25) is 4.79 Å². The third kappa shape index (κ3) is 4.09. The number of fused-ring (bicyclic) bond motifs is 1. The van der Waals surface area contributed by atoms with E-state index >= 15 is 0 Å². The van der Waals surface area contributed by atoms with Crippen LogP contribution in [0, 0.1) is 0 Å². The summed E-state index contributed by atoms with van der Waals surface area (Å²) in [7, 11) is 0. The molecule has 0 N–H and O–H groups in total. The van der Waals surface area contributed by atoms with Crippen LogP contribution in [0.25, 0.3) is 22.1 Å². The normalized spacial score (nSPS) is 10.8. The van der Waals surface area contributed by atoms with Crippen molar-refractivity contribution in [2.75, 3.05) is 25.0 Å². The molecule has 0 bridgehead atoms. The lowest BCUT2D eigenvalue weighted by Crippen LogP contribution is -2.05. The molecule has 0 aliphatic carbocycles. The van der Waals surface area contributed by atoms with E-state index < -0.39 is 0 Å². The third-order valence-corrected chi connectivity index (χ3v) is 3.91. The van der Waals surface area contributed by atoms with Gasteiger partial charge >= 0.3 is 0 Å². The zero-order valence-electron chi connectivity index (χ0n) is 13.3. The van der Waals surface area contributed by atoms with Crippen LogP contribution in [-0.4, -0.2) is 25.0 Å². The highest BCUT2D eigenvalue weighted by atomic mass is 35.5. The van der Waals surface area contributed by atoms with E-state index in [0.29, 0.717) is 53.0 Å². The maximum absolute atomic E-state index is 12.7. The van der Waals surface area contributed by atoms with Crippen molar-refractivity contribution in [2.24, 2.45) is 0 Å². The van der Waals surface area contributed by atoms with Gasteiger partial charge in [-0.15, -0.1) is 23.2 Å². The van der Waals surface area contributed by atoms with Crippen LogP contribution in [0.4, 0.5) is 0 Å². The summed E-state index contributed by atoms with van der Waals surface area (Å²) >= 11 is 11.2. The Bertz CT molecular complexity index is 903. The lowest BCUT2D eigenvalue weighted by Gasteiger charge is -2.07. The van der Waals surface area contributed by atoms with Gasteiger partial charge in [-0.05, 0) is 29.8 Å². The molecule has 0 fully saturated rings. The minimum Gasteiger partial charge on any atom is -0.492 e. The molecule has 3 aromatic rings. The highest BCUT2D eigenvalue weighted by molar-refractivity contribution is 6.18. The largest absolute Gasteiger partial charge is 0.492 e. The second-order valence-electron chi connectivity index (χ2n) is 5.24. The fourth-order valence-corrected chi connectivity index (χ4v) is 2.60. The number of ether oxygens (including phenoxy) is 2. The van der Waals surface area contributed by atoms with Crippen LogP contribution in [-0.2, 0) is 0 Å². The van der Waals surface area contributed by atoms with Crippen LogP contribution in [0.1, 0.15) is 0 Å². The molecule has 0 aliphatic rings. The van der Waals surface area contributed by atoms with Crippen LogP contribution in [0.5, 0.6) is 11.5 Å². The molecule has 25 heavy (non-hydrogen) atoms. The van der Waals surface area contributed by atoms with Crippen molar-refractivity contribution < 1.29 is 13.9 Å². The number of hydrogen-bond acceptors (Lipinski definition) is 4. The minimum atomic E-state index is -0.0976. The molecule has 0 amide bonds. The molecular weight excluding hydrogens is 363 g/mol. The van der Waals surface area contributed by atoms with Crippen molar-refractivity contribution in [2.45, 2.75) is 0 Å². The Morgan fingerprint density at radius 3 is 2.20 bits per heavy atom. The highest BCUT2D eigenvalue weighted by Gasteiger charge is 2.10. The Morgan fingerprint density at radius 1 is 0.880 bits per heavy atom. The van der Waals surface area contributed by atoms with Crippen molar-refractivity contribution in [3.05, 3.63) is 59.0 Å². The van der Waals surface area contributed by atoms with Gasteiger partial charge in [-0.2, -0.15) is 0 Å². The van der Waals surface area contributed by atoms with Gasteiger partial charge in [-0.1, -0.05) is 12.1 Å². The van der Waals surface area contributed by atoms with Crippen LogP contribution in [0.3, 0.4) is 0 Å². The van der Waals surface area contributed by atoms with Gasteiger partial charge in [0.05, 0.1) is 22.7 Å². The van der Waals surface area contributed by atoms with E-state index in [4.69, 9.17) is 37.1 Å². The first-order valence-corrected chi connectivity index (χ1v) is 8.83. The topological polar surface area (TPSA) is 48.7 Å². The number of hydrogen-bond donors (Lipinski definition) is 0. The zero-order valence-corrected chi connectivity index (χ0v) is 14.8. The van der Waals surface area contributed by atoms with Crippen LogP contribution in [0.15, 0.2) is 57.9 Å². The maximum Gasteiger partial charge on any atom is 0.200 e. The number of alkyl halides is 2. The van der Waals surface area contributed by atoms with E-state index in [2.05, 4.69) is 0 Å². The fourth-order valence-electron chi connectivity index (χ4n) is 2.44. The summed E-state index contributed by atoms with van der Waals surface area (Å²) in [5, 5.41) is 0.498. The molecule has 0 atom stereocenters. The third-order valence-electron chi connectivity index (χ3n) is 3.60. The molecule has 6 heteroatoms. The van der Waals surface area contributed by atoms with Crippen molar-refractivity contribution in [1.29, 1.82) is 0 Å². The molecule has 4 nitrogen and oxygen atoms in total. The molecular formula is C19H16Cl2O4. The minimum absolute atomic E-state index is 0.0976. The molecule has 3 rings (SSSR count). The Labute approximate surface area is 154 Å². The predicted molar refractivity (Wildman–Crippen MR) is 100 cm³/mol. The summed E-state index contributed by atoms with van der Waals surface area (Å²) in [6.45, 7) is 0.834. The molecule has 1 aromatic heterocycles. The molecule has 0 aliphatic heterocycles. The van der Waals surface area contributed by atoms with Crippen LogP contribution in [0.2, 0.25) is 0 Å². The molecule has 130 valence electrons. The van der Waals surface area contributed by atoms with Crippen LogP contribution < -0.4 is 14.9 Å². The van der Waals surface area contributed by atoms with Crippen molar-refractivity contribution in [3.8, 4) is 22.6 Å². The van der Waals surface area contributed by atoms with Gasteiger partial charge in [0.1, 0.15) is 36.6 Å². The smallest absolute Gasteiger partial charge is 0.200 e. The second-order valence-corrected chi connectivity index (χ2v) is 5.99. The average molecular weight is 379 g/mol. The van der Waals surface area contributed by atoms with Crippen molar-refractivity contribution >= 4 is 34.2 Å². The number of halogens is 2. The van der Waals surface area contributed by atoms with Gasteiger partial charge in [0.25, 0.3) is 0 Å². The Morgan fingerprint density at radius 2 is 1.52 bits per heavy atom. The maximum atomic E-state index is 12.7. The molecule has 2 aromatic carbocycles. The fraction of sp³-hybridized carbons (Fsp3) is 0.211. The Balaban J connectivity index is 1.92. The average Bonchev–Trinajstić information content (AvgIpc) is 2.65. The van der Waals surface area contributed by atoms with E-state index in [-0.39, 0.29) is 5.43 Å². The monoisotopic (exact) mass is 378 g/mol. The number of rotatable bonds is 7. The van der Waals surface area contributed by atoms with Gasteiger partial charge in [0.2, 0.25) is 0 Å². The summed E-state index contributed by atoms with van der Waals surface area (Å²) in [5.41, 5.74) is 1.63. The van der Waals surface area contributed by atoms with E-state index in [9.17, 15) is 4.79 Å². The quantitative estimate of drug-likeness (QED) is 0.559. The van der Waals surface area contributed by atoms with Gasteiger partial charge in [0, 0.05) is 6.07 Å². The van der Waals surface area contributed by atoms with Crippen LogP contribution >= 0.6 is 23.2 Å². The highest BCUT2D eigenvalue weighted by Crippen LogP contribution is 2.24. The lowest BCUT2D eigenvalue weighted by molar-refractivity contribution is 0.342. The predicted octanol–water partition coefficient (Wildman–Crippen LogP) is 4.70. The van der Waals surface area contributed by atoms with E-state index in [0.717, 1.165) is 5.56 Å². The summed E-state index contributed by atoms with van der Waals surface area (Å²) in [6, 6.07) is 12.4. The molecule has 0 saturated carbocycles. The lowest BCUT2D eigenvalue weighted by atomic mass is 10.1. The molecule has 0 radical (unpaired) electrons. The SMILES string of the molecule is O=c1c(-c2ccc(OCCCl)cc2)coc2cc(OCCCl)ccc12. The van der Waals surface area contributed by atoms with Crippen molar-refractivity contribution in [1.82, 2.24) is 0 Å². The first kappa shape index (κ1) is 17.6. The van der Waals surface area contributed by atoms with Gasteiger partial charge in [0.15, 0.2) is 5.43 Å². The van der Waals surface area contributed by atoms with E-state index in [1.165, 1.54) is 6.26 Å². The number of benzene rings is 2. The molecule has 0 spiro atoms. The summed E-state index contributed by atoms with van der Waals surface area (Å²) < 4.78 is 16.5. The molecule has 1 heterocycles. The molecule has 0 saturated heterocycles. The van der Waals surface area contributed by atoms with E-state index in [1.54, 1.807) is 30.3 Å². The molecule has 0 unspecified atom stereocenters. The summed E-state index contributed by atoms with van der Waals surface area (Å²) in [5.74, 6) is 2.14. The first-order valence-electron chi connectivity index (χ1n) is 7.76. The zero-order chi connectivity index (χ0) is 17.6.